The Morgan fingerprint density at radius 3 is 2.24 bits per heavy atom. The number of carbonyl (C=O) groups is 2. The number of hydrogen-bond acceptors (Lipinski definition) is 4. The molecule has 4 rings (SSSR count). The lowest BCUT2D eigenvalue weighted by molar-refractivity contribution is -0.139. The third kappa shape index (κ3) is 7.68. The van der Waals surface area contributed by atoms with Gasteiger partial charge in [0.25, 0.3) is 10.0 Å². The maximum atomic E-state index is 14.1. The summed E-state index contributed by atoms with van der Waals surface area (Å²) in [6.45, 7) is 5.05. The average molecular weight is 596 g/mol. The molecule has 9 heteroatoms. The van der Waals surface area contributed by atoms with Gasteiger partial charge < -0.3 is 10.2 Å². The molecule has 0 radical (unpaired) electrons. The van der Waals surface area contributed by atoms with Gasteiger partial charge in [-0.25, -0.2) is 8.42 Å². The van der Waals surface area contributed by atoms with E-state index < -0.39 is 28.5 Å². The van der Waals surface area contributed by atoms with Crippen molar-refractivity contribution < 1.29 is 18.0 Å². The molecule has 0 aromatic heterocycles. The Morgan fingerprint density at radius 2 is 1.61 bits per heavy atom. The van der Waals surface area contributed by atoms with E-state index in [4.69, 9.17) is 11.6 Å². The second kappa shape index (κ2) is 13.5. The number of rotatable bonds is 10. The van der Waals surface area contributed by atoms with Crippen molar-refractivity contribution in [3.8, 4) is 0 Å². The fourth-order valence-corrected chi connectivity index (χ4v) is 6.62. The van der Waals surface area contributed by atoms with Crippen LogP contribution in [0.4, 0.5) is 5.69 Å². The molecule has 7 nitrogen and oxygen atoms in total. The van der Waals surface area contributed by atoms with E-state index in [-0.39, 0.29) is 29.1 Å². The summed E-state index contributed by atoms with van der Waals surface area (Å²) in [6, 6.07) is 20.1. The van der Waals surface area contributed by atoms with E-state index >= 15 is 0 Å². The first kappa shape index (κ1) is 30.6. The number of nitrogens with zero attached hydrogens (tertiary/aromatic N) is 2. The van der Waals surface area contributed by atoms with Crippen LogP contribution in [0, 0.1) is 13.8 Å². The SMILES string of the molecule is Cc1ccc(S(=O)(=O)N(CC(=O)N(Cc2ccccc2)C(C)C(=O)NC2CCCCC2)c2ccc(C)c(Cl)c2)cc1. The number of halogens is 1. The molecule has 0 aliphatic heterocycles. The summed E-state index contributed by atoms with van der Waals surface area (Å²) in [5.74, 6) is -0.736. The molecule has 1 unspecified atom stereocenters. The van der Waals surface area contributed by atoms with Gasteiger partial charge in [0, 0.05) is 17.6 Å². The number of anilines is 1. The fraction of sp³-hybridized carbons (Fsp3) is 0.375. The van der Waals surface area contributed by atoms with Gasteiger partial charge in [0.2, 0.25) is 11.8 Å². The topological polar surface area (TPSA) is 86.8 Å². The van der Waals surface area contributed by atoms with Crippen molar-refractivity contribution >= 4 is 39.1 Å². The first-order chi connectivity index (χ1) is 19.6. The quantitative estimate of drug-likeness (QED) is 0.311. The third-order valence-electron chi connectivity index (χ3n) is 7.65. The van der Waals surface area contributed by atoms with E-state index in [9.17, 15) is 18.0 Å². The van der Waals surface area contributed by atoms with E-state index in [1.165, 1.54) is 17.0 Å². The number of benzene rings is 3. The Balaban J connectivity index is 1.68. The van der Waals surface area contributed by atoms with Gasteiger partial charge in [0.05, 0.1) is 10.6 Å². The predicted octanol–water partition coefficient (Wildman–Crippen LogP) is 6.02. The standard InChI is InChI=1S/C32H38ClN3O4S/c1-23-14-18-29(19-15-23)41(39,40)36(28-17-16-24(2)30(33)20-28)22-31(37)35(21-26-10-6-4-7-11-26)25(3)32(38)34-27-12-8-5-9-13-27/h4,6-7,10-11,14-20,25,27H,5,8-9,12-13,21-22H2,1-3H3,(H,34,38). The Morgan fingerprint density at radius 1 is 0.951 bits per heavy atom. The number of amides is 2. The Kier molecular flexibility index (Phi) is 10.1. The average Bonchev–Trinajstić information content (AvgIpc) is 2.97. The van der Waals surface area contributed by atoms with Crippen LogP contribution in [0.25, 0.3) is 0 Å². The molecule has 41 heavy (non-hydrogen) atoms. The zero-order chi connectivity index (χ0) is 29.6. The Labute approximate surface area is 248 Å². The molecule has 2 amide bonds. The zero-order valence-electron chi connectivity index (χ0n) is 23.8. The van der Waals surface area contributed by atoms with E-state index in [2.05, 4.69) is 5.32 Å². The molecule has 0 spiro atoms. The largest absolute Gasteiger partial charge is 0.352 e. The first-order valence-electron chi connectivity index (χ1n) is 14.1. The number of sulfonamides is 1. The van der Waals surface area contributed by atoms with Gasteiger partial charge >= 0.3 is 0 Å². The molecule has 0 bridgehead atoms. The summed E-state index contributed by atoms with van der Waals surface area (Å²) >= 11 is 6.40. The molecule has 1 fully saturated rings. The summed E-state index contributed by atoms with van der Waals surface area (Å²) < 4.78 is 29.0. The summed E-state index contributed by atoms with van der Waals surface area (Å²) in [4.78, 5) is 29.0. The van der Waals surface area contributed by atoms with Crippen molar-refractivity contribution in [2.24, 2.45) is 0 Å². The highest BCUT2D eigenvalue weighted by Gasteiger charge is 2.33. The minimum atomic E-state index is -4.14. The minimum Gasteiger partial charge on any atom is -0.352 e. The molecule has 1 aliphatic carbocycles. The molecular formula is C32H38ClN3O4S. The molecule has 0 saturated heterocycles. The van der Waals surface area contributed by atoms with Gasteiger partial charge in [-0.3, -0.25) is 13.9 Å². The number of carbonyl (C=O) groups excluding carboxylic acids is 2. The van der Waals surface area contributed by atoms with Crippen LogP contribution in [-0.2, 0) is 26.2 Å². The maximum absolute atomic E-state index is 14.1. The van der Waals surface area contributed by atoms with Crippen molar-refractivity contribution in [3.63, 3.8) is 0 Å². The van der Waals surface area contributed by atoms with Gasteiger partial charge in [0.1, 0.15) is 12.6 Å². The van der Waals surface area contributed by atoms with Gasteiger partial charge in [-0.05, 0) is 69.0 Å². The van der Waals surface area contributed by atoms with Crippen LogP contribution < -0.4 is 9.62 Å². The number of nitrogens with one attached hydrogen (secondary N) is 1. The molecule has 1 aliphatic rings. The number of aryl methyl sites for hydroxylation is 2. The lowest BCUT2D eigenvalue weighted by Crippen LogP contribution is -2.53. The predicted molar refractivity (Wildman–Crippen MR) is 163 cm³/mol. The number of hydrogen-bond donors (Lipinski definition) is 1. The second-order valence-corrected chi connectivity index (χ2v) is 13.1. The van der Waals surface area contributed by atoms with E-state index in [0.717, 1.165) is 53.1 Å². The summed E-state index contributed by atoms with van der Waals surface area (Å²) in [6.07, 6.45) is 5.13. The van der Waals surface area contributed by atoms with Crippen LogP contribution in [0.1, 0.15) is 55.7 Å². The van der Waals surface area contributed by atoms with Crippen molar-refractivity contribution in [2.45, 2.75) is 76.4 Å². The lowest BCUT2D eigenvalue weighted by Gasteiger charge is -2.33. The Bertz CT molecular complexity index is 1460. The van der Waals surface area contributed by atoms with Crippen LogP contribution in [-0.4, -0.2) is 43.8 Å². The zero-order valence-corrected chi connectivity index (χ0v) is 25.4. The first-order valence-corrected chi connectivity index (χ1v) is 15.9. The second-order valence-electron chi connectivity index (χ2n) is 10.8. The van der Waals surface area contributed by atoms with Crippen molar-refractivity contribution in [2.75, 3.05) is 10.8 Å². The molecule has 3 aromatic rings. The smallest absolute Gasteiger partial charge is 0.264 e. The van der Waals surface area contributed by atoms with Crippen molar-refractivity contribution in [1.82, 2.24) is 10.2 Å². The van der Waals surface area contributed by atoms with Gasteiger partial charge in [0.15, 0.2) is 0 Å². The molecule has 0 heterocycles. The minimum absolute atomic E-state index is 0.0605. The van der Waals surface area contributed by atoms with Crippen LogP contribution in [0.5, 0.6) is 0 Å². The van der Waals surface area contributed by atoms with Crippen LogP contribution in [0.2, 0.25) is 5.02 Å². The van der Waals surface area contributed by atoms with Gasteiger partial charge in [-0.15, -0.1) is 0 Å². The van der Waals surface area contributed by atoms with E-state index in [0.29, 0.717) is 5.02 Å². The highest BCUT2D eigenvalue weighted by molar-refractivity contribution is 7.92. The highest BCUT2D eigenvalue weighted by atomic mass is 35.5. The summed E-state index contributed by atoms with van der Waals surface area (Å²) in [5, 5.41) is 3.51. The van der Waals surface area contributed by atoms with Crippen molar-refractivity contribution in [1.29, 1.82) is 0 Å². The van der Waals surface area contributed by atoms with Gasteiger partial charge in [-0.1, -0.05) is 85.0 Å². The third-order valence-corrected chi connectivity index (χ3v) is 9.84. The summed E-state index contributed by atoms with van der Waals surface area (Å²) in [5.41, 5.74) is 2.81. The molecule has 1 saturated carbocycles. The molecule has 1 N–H and O–H groups in total. The summed E-state index contributed by atoms with van der Waals surface area (Å²) in [7, 11) is -4.14. The molecular weight excluding hydrogens is 558 g/mol. The van der Waals surface area contributed by atoms with Crippen LogP contribution in [0.15, 0.2) is 77.7 Å². The highest BCUT2D eigenvalue weighted by Crippen LogP contribution is 2.29. The lowest BCUT2D eigenvalue weighted by atomic mass is 9.95. The monoisotopic (exact) mass is 595 g/mol. The van der Waals surface area contributed by atoms with Gasteiger partial charge in [-0.2, -0.15) is 0 Å². The van der Waals surface area contributed by atoms with Crippen LogP contribution >= 0.6 is 11.6 Å². The maximum Gasteiger partial charge on any atom is 0.264 e. The van der Waals surface area contributed by atoms with E-state index in [1.54, 1.807) is 37.3 Å². The van der Waals surface area contributed by atoms with E-state index in [1.807, 2.05) is 44.2 Å². The molecule has 218 valence electrons. The van der Waals surface area contributed by atoms with Crippen LogP contribution in [0.3, 0.4) is 0 Å². The normalized spacial score (nSPS) is 14.7. The molecule has 3 aromatic carbocycles. The van der Waals surface area contributed by atoms with Crippen molar-refractivity contribution in [3.05, 3.63) is 94.5 Å². The molecule has 1 atom stereocenters. The Hall–Kier alpha value is -3.36. The fourth-order valence-electron chi connectivity index (χ4n) is 5.03.